The molecule has 0 fully saturated rings. The smallest absolute Gasteiger partial charge is 0.283 e. The lowest BCUT2D eigenvalue weighted by Crippen LogP contribution is -2.02. The van der Waals surface area contributed by atoms with Gasteiger partial charge in [0.2, 0.25) is 0 Å². The average Bonchev–Trinajstić information content (AvgIpc) is 2.38. The zero-order valence-corrected chi connectivity index (χ0v) is 14.2. The number of anilines is 1. The fraction of sp³-hybridized carbons (Fsp3) is 0.0769. The number of nitrogens with zero attached hydrogens (tertiary/aromatic N) is 1. The van der Waals surface area contributed by atoms with E-state index in [0.717, 1.165) is 5.56 Å². The van der Waals surface area contributed by atoms with Gasteiger partial charge in [0.25, 0.3) is 5.69 Å². The third-order valence-electron chi connectivity index (χ3n) is 2.68. The molecule has 0 unspecified atom stereocenters. The highest BCUT2D eigenvalue weighted by Gasteiger charge is 2.13. The van der Waals surface area contributed by atoms with Crippen molar-refractivity contribution in [2.24, 2.45) is 0 Å². The monoisotopic (exact) mass is 408 g/mol. The van der Waals surface area contributed by atoms with E-state index >= 15 is 0 Å². The summed E-state index contributed by atoms with van der Waals surface area (Å²) in [6, 6.07) is 8.01. The molecule has 0 aliphatic rings. The maximum absolute atomic E-state index is 10.9. The van der Waals surface area contributed by atoms with Crippen molar-refractivity contribution in [3.8, 4) is 0 Å². The van der Waals surface area contributed by atoms with Gasteiger partial charge in [0.1, 0.15) is 0 Å². The van der Waals surface area contributed by atoms with Gasteiger partial charge in [0, 0.05) is 17.6 Å². The van der Waals surface area contributed by atoms with Gasteiger partial charge in [-0.2, -0.15) is 0 Å². The second kappa shape index (κ2) is 6.83. The van der Waals surface area contributed by atoms with Gasteiger partial charge in [-0.05, 0) is 39.7 Å². The van der Waals surface area contributed by atoms with Gasteiger partial charge < -0.3 is 5.32 Å². The molecular formula is C13H8BrCl3N2O2. The lowest BCUT2D eigenvalue weighted by molar-refractivity contribution is -0.385. The van der Waals surface area contributed by atoms with Crippen molar-refractivity contribution in [3.05, 3.63) is 65.6 Å². The molecule has 0 amide bonds. The number of rotatable bonds is 4. The quantitative estimate of drug-likeness (QED) is 0.502. The van der Waals surface area contributed by atoms with Crippen molar-refractivity contribution < 1.29 is 4.92 Å². The van der Waals surface area contributed by atoms with Crippen LogP contribution >= 0.6 is 50.7 Å². The number of hydrogen-bond donors (Lipinski definition) is 1. The Morgan fingerprint density at radius 2 is 1.76 bits per heavy atom. The Hall–Kier alpha value is -1.01. The molecule has 0 aliphatic heterocycles. The van der Waals surface area contributed by atoms with Crippen molar-refractivity contribution in [2.45, 2.75) is 6.54 Å². The van der Waals surface area contributed by atoms with Crippen molar-refractivity contribution in [1.29, 1.82) is 0 Å². The molecule has 0 heterocycles. The second-order valence-corrected chi connectivity index (χ2v) is 6.25. The van der Waals surface area contributed by atoms with Gasteiger partial charge in [-0.15, -0.1) is 0 Å². The van der Waals surface area contributed by atoms with Crippen LogP contribution in [0.25, 0.3) is 0 Å². The third kappa shape index (κ3) is 4.01. The van der Waals surface area contributed by atoms with E-state index in [4.69, 9.17) is 34.8 Å². The summed E-state index contributed by atoms with van der Waals surface area (Å²) in [5.74, 6) is 0. The molecule has 0 saturated carbocycles. The van der Waals surface area contributed by atoms with E-state index in [1.54, 1.807) is 24.3 Å². The summed E-state index contributed by atoms with van der Waals surface area (Å²) in [5.41, 5.74) is 1.27. The normalized spacial score (nSPS) is 10.5. The van der Waals surface area contributed by atoms with Crippen molar-refractivity contribution in [1.82, 2.24) is 0 Å². The molecule has 4 nitrogen and oxygen atoms in total. The van der Waals surface area contributed by atoms with Gasteiger partial charge in [-0.3, -0.25) is 10.1 Å². The van der Waals surface area contributed by atoms with Gasteiger partial charge in [0.15, 0.2) is 0 Å². The number of benzene rings is 2. The highest BCUT2D eigenvalue weighted by Crippen LogP contribution is 2.34. The van der Waals surface area contributed by atoms with Crippen LogP contribution in [0.2, 0.25) is 15.1 Å². The van der Waals surface area contributed by atoms with Crippen LogP contribution in [0.4, 0.5) is 11.4 Å². The molecule has 1 N–H and O–H groups in total. The van der Waals surface area contributed by atoms with Crippen LogP contribution in [0.15, 0.2) is 34.8 Å². The van der Waals surface area contributed by atoms with Gasteiger partial charge in [-0.1, -0.05) is 40.9 Å². The summed E-state index contributed by atoms with van der Waals surface area (Å²) in [4.78, 5) is 10.4. The molecule has 110 valence electrons. The van der Waals surface area contributed by atoms with Crippen LogP contribution in [0.1, 0.15) is 5.56 Å². The molecular weight excluding hydrogens is 402 g/mol. The molecule has 2 aromatic carbocycles. The minimum atomic E-state index is -0.449. The molecule has 8 heteroatoms. The number of nitro benzene ring substituents is 1. The van der Waals surface area contributed by atoms with Gasteiger partial charge in [0.05, 0.1) is 25.1 Å². The summed E-state index contributed by atoms with van der Waals surface area (Å²) in [6.07, 6.45) is 0. The number of halogens is 4. The molecule has 0 spiro atoms. The Balaban J connectivity index is 2.21. The van der Waals surface area contributed by atoms with Crippen LogP contribution in [-0.4, -0.2) is 4.92 Å². The van der Waals surface area contributed by atoms with Crippen molar-refractivity contribution in [2.75, 3.05) is 5.32 Å². The van der Waals surface area contributed by atoms with E-state index in [0.29, 0.717) is 31.8 Å². The maximum Gasteiger partial charge on any atom is 0.283 e. The Morgan fingerprint density at radius 3 is 2.33 bits per heavy atom. The predicted octanol–water partition coefficient (Wildman–Crippen LogP) is 5.93. The first-order chi connectivity index (χ1) is 9.88. The first-order valence-corrected chi connectivity index (χ1v) is 7.62. The fourth-order valence-electron chi connectivity index (χ4n) is 1.71. The summed E-state index contributed by atoms with van der Waals surface area (Å²) in [6.45, 7) is 0.342. The largest absolute Gasteiger partial charge is 0.379 e. The Morgan fingerprint density at radius 1 is 1.14 bits per heavy atom. The van der Waals surface area contributed by atoms with Crippen molar-refractivity contribution >= 4 is 62.1 Å². The molecule has 21 heavy (non-hydrogen) atoms. The van der Waals surface area contributed by atoms with E-state index in [1.165, 1.54) is 6.07 Å². The highest BCUT2D eigenvalue weighted by molar-refractivity contribution is 9.10. The highest BCUT2D eigenvalue weighted by atomic mass is 79.9. The Bertz CT molecular complexity index is 687. The Kier molecular flexibility index (Phi) is 5.32. The fourth-order valence-corrected chi connectivity index (χ4v) is 3.05. The first kappa shape index (κ1) is 16.4. The topological polar surface area (TPSA) is 55.2 Å². The van der Waals surface area contributed by atoms with Crippen LogP contribution in [0.5, 0.6) is 0 Å². The third-order valence-corrected chi connectivity index (χ3v) is 4.17. The lowest BCUT2D eigenvalue weighted by Gasteiger charge is -2.11. The molecule has 0 aliphatic carbocycles. The van der Waals surface area contributed by atoms with E-state index in [-0.39, 0.29) is 5.69 Å². The Labute approximate surface area is 144 Å². The summed E-state index contributed by atoms with van der Waals surface area (Å²) in [5, 5.41) is 15.2. The molecule has 2 rings (SSSR count). The molecule has 0 bridgehead atoms. The van der Waals surface area contributed by atoms with Crippen molar-refractivity contribution in [3.63, 3.8) is 0 Å². The van der Waals surface area contributed by atoms with Gasteiger partial charge >= 0.3 is 0 Å². The van der Waals surface area contributed by atoms with E-state index in [2.05, 4.69) is 21.2 Å². The molecule has 0 atom stereocenters. The molecule has 0 aromatic heterocycles. The lowest BCUT2D eigenvalue weighted by atomic mass is 10.2. The van der Waals surface area contributed by atoms with Crippen LogP contribution in [0, 0.1) is 10.1 Å². The summed E-state index contributed by atoms with van der Waals surface area (Å²) in [7, 11) is 0. The molecule has 0 radical (unpaired) electrons. The van der Waals surface area contributed by atoms with Crippen LogP contribution in [0.3, 0.4) is 0 Å². The predicted molar refractivity (Wildman–Crippen MR) is 89.6 cm³/mol. The maximum atomic E-state index is 10.9. The zero-order valence-electron chi connectivity index (χ0n) is 10.4. The molecule has 2 aromatic rings. The van der Waals surface area contributed by atoms with Crippen LogP contribution in [-0.2, 0) is 6.54 Å². The van der Waals surface area contributed by atoms with E-state index in [1.807, 2.05) is 0 Å². The average molecular weight is 410 g/mol. The number of hydrogen-bond acceptors (Lipinski definition) is 3. The van der Waals surface area contributed by atoms with Gasteiger partial charge in [-0.25, -0.2) is 0 Å². The summed E-state index contributed by atoms with van der Waals surface area (Å²) >= 11 is 21.1. The minimum Gasteiger partial charge on any atom is -0.379 e. The van der Waals surface area contributed by atoms with Crippen LogP contribution < -0.4 is 5.32 Å². The van der Waals surface area contributed by atoms with E-state index in [9.17, 15) is 10.1 Å². The SMILES string of the molecule is O=[N+]([O-])c1cc(CNc2c(Cl)cc(Cl)cc2Cl)ccc1Br. The summed E-state index contributed by atoms with van der Waals surface area (Å²) < 4.78 is 0.429. The standard InChI is InChI=1S/C13H8BrCl3N2O2/c14-9-2-1-7(3-12(9)19(20)21)6-18-13-10(16)4-8(15)5-11(13)17/h1-5,18H,6H2. The second-order valence-electron chi connectivity index (χ2n) is 4.14. The zero-order chi connectivity index (χ0) is 15.6. The van der Waals surface area contributed by atoms with E-state index < -0.39 is 4.92 Å². The number of nitrogens with one attached hydrogen (secondary N) is 1. The first-order valence-electron chi connectivity index (χ1n) is 5.69. The molecule has 0 saturated heterocycles. The number of nitro groups is 1. The minimum absolute atomic E-state index is 0.00241.